The Morgan fingerprint density at radius 3 is 2.88 bits per heavy atom. The first kappa shape index (κ1) is 16.4. The third-order valence-corrected chi connectivity index (χ3v) is 4.08. The molecule has 0 atom stereocenters. The van der Waals surface area contributed by atoms with Crippen molar-refractivity contribution in [3.8, 4) is 5.88 Å². The van der Waals surface area contributed by atoms with Crippen molar-refractivity contribution in [2.45, 2.75) is 44.1 Å². The molecule has 1 fully saturated rings. The minimum absolute atomic E-state index is 0.173. The smallest absolute Gasteiger partial charge is 0.248 e. The lowest BCUT2D eigenvalue weighted by atomic mass is 9.94. The van der Waals surface area contributed by atoms with Crippen LogP contribution in [0.5, 0.6) is 5.88 Å². The Hall–Kier alpha value is -2.51. The van der Waals surface area contributed by atoms with Crippen molar-refractivity contribution in [2.75, 3.05) is 0 Å². The molecule has 0 spiro atoms. The number of ether oxygens (including phenoxy) is 1. The van der Waals surface area contributed by atoms with Gasteiger partial charge in [-0.25, -0.2) is 18.7 Å². The summed E-state index contributed by atoms with van der Waals surface area (Å²) in [6, 6.07) is 0. The number of H-pyrrole nitrogens is 1. The summed E-state index contributed by atoms with van der Waals surface area (Å²) in [6.07, 6.45) is 6.46. The fourth-order valence-corrected chi connectivity index (χ4v) is 2.84. The average Bonchev–Trinajstić information content (AvgIpc) is 2.93. The molecular formula is C16H18F2N4O2. The molecule has 0 aromatic carbocycles. The highest BCUT2D eigenvalue weighted by molar-refractivity contribution is 5.87. The Morgan fingerprint density at radius 1 is 1.42 bits per heavy atom. The molecule has 3 N–H and O–H groups in total. The molecule has 1 aliphatic carbocycles. The van der Waals surface area contributed by atoms with E-state index in [0.717, 1.165) is 5.56 Å². The number of nitrogens with one attached hydrogen (secondary N) is 1. The number of nitrogens with two attached hydrogens (primary N) is 1. The maximum atomic E-state index is 13.3. The summed E-state index contributed by atoms with van der Waals surface area (Å²) in [5.74, 6) is -2.75. The number of rotatable bonds is 5. The van der Waals surface area contributed by atoms with Crippen LogP contribution in [0.25, 0.3) is 11.0 Å². The van der Waals surface area contributed by atoms with E-state index >= 15 is 0 Å². The number of allylic oxidation sites excluding steroid dienone is 1. The fraction of sp³-hybridized carbons (Fsp3) is 0.438. The quantitative estimate of drug-likeness (QED) is 0.820. The van der Waals surface area contributed by atoms with Gasteiger partial charge < -0.3 is 15.5 Å². The number of alkyl halides is 2. The molecule has 24 heavy (non-hydrogen) atoms. The highest BCUT2D eigenvalue weighted by Crippen LogP contribution is 2.35. The van der Waals surface area contributed by atoms with Gasteiger partial charge in [-0.2, -0.15) is 0 Å². The van der Waals surface area contributed by atoms with Gasteiger partial charge in [0.15, 0.2) is 0 Å². The van der Waals surface area contributed by atoms with E-state index in [0.29, 0.717) is 36.2 Å². The van der Waals surface area contributed by atoms with Crippen LogP contribution < -0.4 is 10.5 Å². The second kappa shape index (κ2) is 6.54. The molecule has 1 aliphatic rings. The molecule has 0 saturated heterocycles. The van der Waals surface area contributed by atoms with E-state index < -0.39 is 11.8 Å². The minimum atomic E-state index is -2.60. The van der Waals surface area contributed by atoms with Crippen molar-refractivity contribution < 1.29 is 18.3 Å². The summed E-state index contributed by atoms with van der Waals surface area (Å²) >= 11 is 0. The van der Waals surface area contributed by atoms with Crippen molar-refractivity contribution in [3.05, 3.63) is 30.2 Å². The predicted molar refractivity (Wildman–Crippen MR) is 83.8 cm³/mol. The van der Waals surface area contributed by atoms with Gasteiger partial charge in [-0.1, -0.05) is 6.08 Å². The molecule has 2 aromatic rings. The number of primary amides is 1. The van der Waals surface area contributed by atoms with Gasteiger partial charge in [0.2, 0.25) is 17.7 Å². The molecule has 2 heterocycles. The van der Waals surface area contributed by atoms with Crippen molar-refractivity contribution in [1.82, 2.24) is 15.0 Å². The lowest BCUT2D eigenvalue weighted by molar-refractivity contribution is -0.113. The second-order valence-corrected chi connectivity index (χ2v) is 5.90. The molecule has 6 nitrogen and oxygen atoms in total. The van der Waals surface area contributed by atoms with Gasteiger partial charge in [0.05, 0.1) is 5.39 Å². The number of amides is 1. The van der Waals surface area contributed by atoms with Crippen molar-refractivity contribution >= 4 is 16.9 Å². The van der Waals surface area contributed by atoms with Gasteiger partial charge in [-0.05, 0) is 30.9 Å². The number of nitrogens with zero attached hydrogens (tertiary/aromatic N) is 2. The maximum absolute atomic E-state index is 13.3. The molecule has 1 amide bonds. The van der Waals surface area contributed by atoms with Crippen LogP contribution in [-0.2, 0) is 11.2 Å². The highest BCUT2D eigenvalue weighted by atomic mass is 19.3. The summed E-state index contributed by atoms with van der Waals surface area (Å²) in [4.78, 5) is 22.1. The van der Waals surface area contributed by atoms with Crippen LogP contribution in [0.3, 0.4) is 0 Å². The van der Waals surface area contributed by atoms with Crippen LogP contribution in [0.2, 0.25) is 0 Å². The third kappa shape index (κ3) is 3.69. The Bertz CT molecular complexity index is 763. The third-order valence-electron chi connectivity index (χ3n) is 4.08. The first-order valence-electron chi connectivity index (χ1n) is 7.76. The molecular weight excluding hydrogens is 318 g/mol. The molecule has 1 saturated carbocycles. The second-order valence-electron chi connectivity index (χ2n) is 5.90. The van der Waals surface area contributed by atoms with E-state index in [1.165, 1.54) is 12.4 Å². The van der Waals surface area contributed by atoms with E-state index in [1.807, 2.05) is 0 Å². The van der Waals surface area contributed by atoms with Crippen LogP contribution >= 0.6 is 0 Å². The summed E-state index contributed by atoms with van der Waals surface area (Å²) in [5, 5.41) is 0.698. The van der Waals surface area contributed by atoms with E-state index in [4.69, 9.17) is 10.5 Å². The molecule has 0 unspecified atom stereocenters. The van der Waals surface area contributed by atoms with Gasteiger partial charge in [0.1, 0.15) is 18.1 Å². The molecule has 3 rings (SSSR count). The van der Waals surface area contributed by atoms with Crippen LogP contribution in [-0.4, -0.2) is 32.9 Å². The van der Waals surface area contributed by atoms with Crippen LogP contribution in [0.1, 0.15) is 31.2 Å². The van der Waals surface area contributed by atoms with Crippen LogP contribution in [0, 0.1) is 0 Å². The largest absolute Gasteiger partial charge is 0.474 e. The minimum Gasteiger partial charge on any atom is -0.474 e. The molecule has 0 bridgehead atoms. The van der Waals surface area contributed by atoms with Gasteiger partial charge in [0, 0.05) is 19.0 Å². The maximum Gasteiger partial charge on any atom is 0.248 e. The van der Waals surface area contributed by atoms with Gasteiger partial charge in [-0.15, -0.1) is 0 Å². The zero-order valence-electron chi connectivity index (χ0n) is 13.0. The number of carbonyl (C=O) groups excluding carboxylic acids is 1. The monoisotopic (exact) mass is 336 g/mol. The number of fused-ring (bicyclic) bond motifs is 1. The Kier molecular flexibility index (Phi) is 4.46. The molecule has 128 valence electrons. The number of aromatic nitrogens is 3. The van der Waals surface area contributed by atoms with Gasteiger partial charge >= 0.3 is 0 Å². The Labute approximate surface area is 137 Å². The van der Waals surface area contributed by atoms with Crippen molar-refractivity contribution in [3.63, 3.8) is 0 Å². The van der Waals surface area contributed by atoms with Crippen LogP contribution in [0.15, 0.2) is 24.7 Å². The first-order chi connectivity index (χ1) is 11.4. The number of hydrogen-bond acceptors (Lipinski definition) is 4. The average molecular weight is 336 g/mol. The Morgan fingerprint density at radius 2 is 2.17 bits per heavy atom. The molecule has 2 aromatic heterocycles. The normalized spacial score (nSPS) is 18.2. The zero-order chi connectivity index (χ0) is 17.2. The van der Waals surface area contributed by atoms with Crippen molar-refractivity contribution in [2.24, 2.45) is 5.73 Å². The van der Waals surface area contributed by atoms with E-state index in [9.17, 15) is 13.6 Å². The SMILES string of the molecule is NC(=O)/C=C/Cc1c[nH]c2ncnc(OC3CCC(F)(F)CC3)c12. The van der Waals surface area contributed by atoms with Crippen molar-refractivity contribution in [1.29, 1.82) is 0 Å². The summed E-state index contributed by atoms with van der Waals surface area (Å²) in [7, 11) is 0. The lowest BCUT2D eigenvalue weighted by Gasteiger charge is -2.28. The van der Waals surface area contributed by atoms with E-state index in [1.54, 1.807) is 12.3 Å². The Balaban J connectivity index is 1.80. The zero-order valence-corrected chi connectivity index (χ0v) is 13.0. The summed E-state index contributed by atoms with van der Waals surface area (Å²) in [6.45, 7) is 0. The predicted octanol–water partition coefficient (Wildman–Crippen LogP) is 2.50. The lowest BCUT2D eigenvalue weighted by Crippen LogP contribution is -2.31. The number of carbonyl (C=O) groups is 1. The number of hydrogen-bond donors (Lipinski definition) is 2. The number of aromatic amines is 1. The van der Waals surface area contributed by atoms with E-state index in [-0.39, 0.29) is 18.9 Å². The number of halogens is 2. The highest BCUT2D eigenvalue weighted by Gasteiger charge is 2.36. The summed E-state index contributed by atoms with van der Waals surface area (Å²) < 4.78 is 32.4. The fourth-order valence-electron chi connectivity index (χ4n) is 2.84. The van der Waals surface area contributed by atoms with Gasteiger partial charge in [0.25, 0.3) is 0 Å². The molecule has 0 aliphatic heterocycles. The molecule has 8 heteroatoms. The van der Waals surface area contributed by atoms with E-state index in [2.05, 4.69) is 15.0 Å². The van der Waals surface area contributed by atoms with Gasteiger partial charge in [-0.3, -0.25) is 4.79 Å². The topological polar surface area (TPSA) is 93.9 Å². The first-order valence-corrected chi connectivity index (χ1v) is 7.76. The summed E-state index contributed by atoms with van der Waals surface area (Å²) in [5.41, 5.74) is 6.52. The standard InChI is InChI=1S/C16H18F2N4O2/c17-16(18)6-4-11(5-7-16)24-15-13-10(2-1-3-12(19)23)8-20-14(13)21-9-22-15/h1,3,8-9,11H,2,4-7H2,(H2,19,23)(H,20,21,22)/b3-1+. The van der Waals surface area contributed by atoms with Crippen LogP contribution in [0.4, 0.5) is 8.78 Å². The molecule has 0 radical (unpaired) electrons.